The lowest BCUT2D eigenvalue weighted by Crippen LogP contribution is -3.12. The van der Waals surface area contributed by atoms with Gasteiger partial charge in [0.25, 0.3) is 0 Å². The smallest absolute Gasteiger partial charge is 0.0770 e. The van der Waals surface area contributed by atoms with Crippen LogP contribution in [0, 0.1) is 0 Å². The van der Waals surface area contributed by atoms with Gasteiger partial charge in [-0.05, 0) is 116 Å². The molecule has 3 N–H and O–H groups in total. The van der Waals surface area contributed by atoms with Gasteiger partial charge in [-0.15, -0.1) is 0 Å². The highest BCUT2D eigenvalue weighted by Crippen LogP contribution is 2.10. The molecule has 0 aromatic rings. The van der Waals surface area contributed by atoms with Gasteiger partial charge < -0.3 is 29.8 Å². The Balaban J connectivity index is -0.000000515. The highest BCUT2D eigenvalue weighted by Gasteiger charge is 2.11. The lowest BCUT2D eigenvalue weighted by molar-refractivity contribution is -0.901. The summed E-state index contributed by atoms with van der Waals surface area (Å²) in [5.74, 6) is 0. The molecule has 0 aliphatic carbocycles. The van der Waals surface area contributed by atoms with Crippen molar-refractivity contribution in [1.82, 2.24) is 0 Å². The molecule has 7 heteroatoms. The van der Waals surface area contributed by atoms with Crippen molar-refractivity contribution in [3.63, 3.8) is 0 Å². The number of nitrogens with one attached hydrogen (secondary N) is 3. The largest absolute Gasteiger partial charge is 0.907 e. The Morgan fingerprint density at radius 1 is 0.152 bits per heavy atom. The fourth-order valence-electron chi connectivity index (χ4n) is 11.5. The Bertz CT molecular complexity index is 746. The van der Waals surface area contributed by atoms with Crippen LogP contribution in [0.3, 0.4) is 0 Å². The number of hydrogen-bond acceptors (Lipinski definition) is 3. The van der Waals surface area contributed by atoms with Crippen LogP contribution in [-0.2, 0) is 0 Å². The van der Waals surface area contributed by atoms with Crippen LogP contribution in [0.5, 0.6) is 0 Å². The fraction of sp³-hybridized carbons (Fsp3) is 1.00. The third-order valence-electron chi connectivity index (χ3n) is 17.0. The average molecular weight is 1120 g/mol. The highest BCUT2D eigenvalue weighted by molar-refractivity contribution is 6.24. The number of hydrogen-bond donors (Lipinski definition) is 3. The molecular weight excluding hydrogens is 966 g/mol. The second-order valence-corrected chi connectivity index (χ2v) is 25.2. The monoisotopic (exact) mass is 1120 g/mol. The van der Waals surface area contributed by atoms with E-state index in [1.807, 2.05) is 14.7 Å². The summed E-state index contributed by atoms with van der Waals surface area (Å²) in [5, 5.41) is 25.2. The van der Waals surface area contributed by atoms with Gasteiger partial charge >= 0.3 is 0 Å². The minimum atomic E-state index is -2.92. The molecule has 0 aliphatic rings. The standard InChI is InChI=1S/3C24H51N.BO3/c3*1-4-7-10-13-16-19-22-25(23-20-17-14-11-8-5-2)24-21-18-15-12-9-6-3;2-1(3)4/h3*4-24H2,1-3H3;/q;;;-3/p+3. The maximum Gasteiger partial charge on any atom is 0.0770 e. The van der Waals surface area contributed by atoms with Crippen molar-refractivity contribution >= 4 is 7.32 Å². The topological polar surface area (TPSA) is 82.5 Å². The summed E-state index contributed by atoms with van der Waals surface area (Å²) in [6, 6.07) is 0. The van der Waals surface area contributed by atoms with Crippen molar-refractivity contribution in [2.45, 2.75) is 409 Å². The molecule has 480 valence electrons. The molecule has 0 aromatic heterocycles. The first-order valence-corrected chi connectivity index (χ1v) is 37.3. The Hall–Kier alpha value is -0.175. The van der Waals surface area contributed by atoms with E-state index in [4.69, 9.17) is 15.1 Å². The molecule has 0 radical (unpaired) electrons. The number of unbranched alkanes of at least 4 members (excludes halogenated alkanes) is 45. The van der Waals surface area contributed by atoms with E-state index in [1.54, 1.807) is 0 Å². The maximum atomic E-state index is 8.42. The van der Waals surface area contributed by atoms with Crippen molar-refractivity contribution in [2.24, 2.45) is 0 Å². The molecular formula is C72H156BN3O3. The normalized spacial score (nSPS) is 11.3. The van der Waals surface area contributed by atoms with Crippen LogP contribution in [0.15, 0.2) is 0 Å². The van der Waals surface area contributed by atoms with Crippen molar-refractivity contribution in [3.8, 4) is 0 Å². The molecule has 0 unspecified atom stereocenters. The molecule has 0 fully saturated rings. The van der Waals surface area contributed by atoms with E-state index in [9.17, 15) is 0 Å². The van der Waals surface area contributed by atoms with Crippen LogP contribution in [0.1, 0.15) is 409 Å². The van der Waals surface area contributed by atoms with E-state index in [-0.39, 0.29) is 0 Å². The van der Waals surface area contributed by atoms with Gasteiger partial charge in [-0.1, -0.05) is 293 Å². The van der Waals surface area contributed by atoms with E-state index in [0.29, 0.717) is 0 Å². The molecule has 0 saturated carbocycles. The molecule has 0 atom stereocenters. The van der Waals surface area contributed by atoms with Gasteiger partial charge in [-0.2, -0.15) is 0 Å². The first-order chi connectivity index (χ1) is 38.8. The summed E-state index contributed by atoms with van der Waals surface area (Å²) >= 11 is 0. The van der Waals surface area contributed by atoms with E-state index in [0.717, 1.165) is 0 Å². The van der Waals surface area contributed by atoms with Crippen molar-refractivity contribution in [3.05, 3.63) is 0 Å². The Morgan fingerprint density at radius 2 is 0.228 bits per heavy atom. The molecule has 79 heavy (non-hydrogen) atoms. The minimum Gasteiger partial charge on any atom is -0.907 e. The van der Waals surface area contributed by atoms with Crippen molar-refractivity contribution < 1.29 is 29.8 Å². The quantitative estimate of drug-likeness (QED) is 0.0419. The molecule has 0 heterocycles. The van der Waals surface area contributed by atoms with E-state index < -0.39 is 7.32 Å². The lowest BCUT2D eigenvalue weighted by atomic mass is 10.1. The van der Waals surface area contributed by atoms with Crippen LogP contribution < -0.4 is 29.8 Å². The Labute approximate surface area is 502 Å². The Morgan fingerprint density at radius 3 is 0.316 bits per heavy atom. The first-order valence-electron chi connectivity index (χ1n) is 37.3. The zero-order chi connectivity index (χ0) is 58.9. The average Bonchev–Trinajstić information content (AvgIpc) is 3.44. The Kier molecular flexibility index (Phi) is 88.6. The van der Waals surface area contributed by atoms with Crippen molar-refractivity contribution in [1.29, 1.82) is 0 Å². The molecule has 0 rings (SSSR count). The van der Waals surface area contributed by atoms with Crippen LogP contribution in [0.25, 0.3) is 0 Å². The number of quaternary nitrogens is 3. The molecule has 0 aromatic carbocycles. The highest BCUT2D eigenvalue weighted by atomic mass is 16.5. The molecule has 0 saturated heterocycles. The second-order valence-electron chi connectivity index (χ2n) is 25.2. The third kappa shape index (κ3) is 86.7. The molecule has 0 aliphatic heterocycles. The zero-order valence-corrected chi connectivity index (χ0v) is 56.8. The van der Waals surface area contributed by atoms with Gasteiger partial charge in [0.05, 0.1) is 58.9 Å². The first kappa shape index (κ1) is 85.3. The minimum absolute atomic E-state index is 1.37. The van der Waals surface area contributed by atoms with Crippen LogP contribution in [-0.4, -0.2) is 66.2 Å². The van der Waals surface area contributed by atoms with Crippen molar-refractivity contribution in [2.75, 3.05) is 58.9 Å². The summed E-state index contributed by atoms with van der Waals surface area (Å²) in [6.45, 7) is 33.8. The van der Waals surface area contributed by atoms with E-state index in [2.05, 4.69) is 62.3 Å². The van der Waals surface area contributed by atoms with Gasteiger partial charge in [0.1, 0.15) is 0 Å². The summed E-state index contributed by atoms with van der Waals surface area (Å²) in [4.78, 5) is 5.75. The maximum absolute atomic E-state index is 8.42. The summed E-state index contributed by atoms with van der Waals surface area (Å²) in [7, 11) is -2.92. The fourth-order valence-corrected chi connectivity index (χ4v) is 11.5. The molecule has 0 spiro atoms. The van der Waals surface area contributed by atoms with Gasteiger partial charge in [0, 0.05) is 0 Å². The van der Waals surface area contributed by atoms with Crippen LogP contribution in [0.4, 0.5) is 0 Å². The van der Waals surface area contributed by atoms with Gasteiger partial charge in [-0.25, -0.2) is 0 Å². The zero-order valence-electron chi connectivity index (χ0n) is 56.8. The predicted octanol–water partition coefficient (Wildman–Crippen LogP) is 16.9. The molecule has 6 nitrogen and oxygen atoms in total. The summed E-state index contributed by atoms with van der Waals surface area (Å²) in [6.07, 6.45) is 78.0. The third-order valence-corrected chi connectivity index (χ3v) is 17.0. The molecule has 0 bridgehead atoms. The van der Waals surface area contributed by atoms with E-state index in [1.165, 1.54) is 406 Å². The lowest BCUT2D eigenvalue weighted by Gasteiger charge is -2.35. The summed E-state index contributed by atoms with van der Waals surface area (Å²) in [5.41, 5.74) is 0. The van der Waals surface area contributed by atoms with Crippen LogP contribution >= 0.6 is 0 Å². The van der Waals surface area contributed by atoms with E-state index >= 15 is 0 Å². The SMILES string of the molecule is CCCCCCCC[NH+](CCCCCCCC)CCCCCCCC.CCCCCCCC[NH+](CCCCCCCC)CCCCCCCC.CCCCCCCC[NH+](CCCCCCCC)CCCCCCCC.[O-]B([O-])[O-]. The second kappa shape index (κ2) is 82.0. The molecule has 0 amide bonds. The van der Waals surface area contributed by atoms with Crippen LogP contribution in [0.2, 0.25) is 0 Å². The predicted molar refractivity (Wildman–Crippen MR) is 353 cm³/mol. The summed E-state index contributed by atoms with van der Waals surface area (Å²) < 4.78 is 0. The van der Waals surface area contributed by atoms with Gasteiger partial charge in [0.2, 0.25) is 0 Å². The van der Waals surface area contributed by atoms with Gasteiger partial charge in [0.15, 0.2) is 0 Å². The number of rotatable bonds is 63. The van der Waals surface area contributed by atoms with Gasteiger partial charge in [-0.3, -0.25) is 7.32 Å².